The third-order valence-corrected chi connectivity index (χ3v) is 6.39. The molecule has 0 saturated carbocycles. The maximum absolute atomic E-state index is 12.2. The summed E-state index contributed by atoms with van der Waals surface area (Å²) in [7, 11) is 0. The van der Waals surface area contributed by atoms with Gasteiger partial charge < -0.3 is 0 Å². The lowest BCUT2D eigenvalue weighted by molar-refractivity contribution is -0.114. The minimum absolute atomic E-state index is 0.0503. The highest BCUT2D eigenvalue weighted by atomic mass is 79.9. The Labute approximate surface area is 144 Å². The standard InChI is InChI=1S/C18H10Br2O2/c19-15-6-9-2-1-3-11-12(8-14(17(9)11)18(15)20)13-7-10(21)4-5-16(13)22/h1-7,12H,8H2. The Morgan fingerprint density at radius 2 is 1.91 bits per heavy atom. The third kappa shape index (κ3) is 1.97. The number of halogens is 2. The van der Waals surface area contributed by atoms with E-state index >= 15 is 0 Å². The first kappa shape index (κ1) is 14.1. The zero-order valence-corrected chi connectivity index (χ0v) is 14.6. The maximum Gasteiger partial charge on any atom is 0.182 e. The topological polar surface area (TPSA) is 34.1 Å². The fourth-order valence-corrected chi connectivity index (χ4v) is 4.34. The molecule has 0 fully saturated rings. The van der Waals surface area contributed by atoms with Crippen LogP contribution in [0.4, 0.5) is 0 Å². The second kappa shape index (κ2) is 5.00. The monoisotopic (exact) mass is 416 g/mol. The first-order chi connectivity index (χ1) is 10.6. The Balaban J connectivity index is 1.95. The van der Waals surface area contributed by atoms with Gasteiger partial charge in [0.25, 0.3) is 0 Å². The van der Waals surface area contributed by atoms with Crippen LogP contribution in [0.3, 0.4) is 0 Å². The Morgan fingerprint density at radius 3 is 2.73 bits per heavy atom. The van der Waals surface area contributed by atoms with Gasteiger partial charge in [0.15, 0.2) is 11.6 Å². The van der Waals surface area contributed by atoms with Crippen LogP contribution in [0.5, 0.6) is 0 Å². The van der Waals surface area contributed by atoms with Crippen LogP contribution in [-0.4, -0.2) is 11.6 Å². The van der Waals surface area contributed by atoms with Crippen LogP contribution in [0, 0.1) is 0 Å². The lowest BCUT2D eigenvalue weighted by atomic mass is 9.86. The Bertz CT molecular complexity index is 922. The van der Waals surface area contributed by atoms with Crippen LogP contribution in [0.15, 0.2) is 57.0 Å². The van der Waals surface area contributed by atoms with Crippen LogP contribution in [0.2, 0.25) is 0 Å². The summed E-state index contributed by atoms with van der Waals surface area (Å²) in [5.74, 6) is -0.228. The van der Waals surface area contributed by atoms with Crippen LogP contribution >= 0.6 is 31.9 Å². The van der Waals surface area contributed by atoms with E-state index in [0.717, 1.165) is 26.3 Å². The van der Waals surface area contributed by atoms with Gasteiger partial charge in [0, 0.05) is 20.4 Å². The fourth-order valence-electron chi connectivity index (χ4n) is 3.38. The number of carbonyl (C=O) groups excluding carboxylic acids is 2. The number of rotatable bonds is 1. The van der Waals surface area contributed by atoms with Gasteiger partial charge in [0.05, 0.1) is 0 Å². The molecule has 1 unspecified atom stereocenters. The average Bonchev–Trinajstić information content (AvgIpc) is 2.88. The van der Waals surface area contributed by atoms with Crippen molar-refractivity contribution < 1.29 is 9.59 Å². The molecule has 0 saturated heterocycles. The Morgan fingerprint density at radius 1 is 1.09 bits per heavy atom. The molecule has 2 aliphatic rings. The Kier molecular flexibility index (Phi) is 3.20. The van der Waals surface area contributed by atoms with E-state index in [-0.39, 0.29) is 17.5 Å². The van der Waals surface area contributed by atoms with Crippen LogP contribution in [0.1, 0.15) is 17.0 Å². The van der Waals surface area contributed by atoms with E-state index in [1.807, 2.05) is 6.07 Å². The van der Waals surface area contributed by atoms with Crippen LogP contribution in [0.25, 0.3) is 10.8 Å². The molecule has 2 aromatic carbocycles. The number of hydrogen-bond donors (Lipinski definition) is 0. The van der Waals surface area contributed by atoms with Crippen molar-refractivity contribution >= 4 is 54.2 Å². The van der Waals surface area contributed by atoms with Gasteiger partial charge in [-0.3, -0.25) is 9.59 Å². The number of benzene rings is 2. The lowest BCUT2D eigenvalue weighted by Crippen LogP contribution is -2.14. The molecule has 22 heavy (non-hydrogen) atoms. The van der Waals surface area contributed by atoms with Gasteiger partial charge in [-0.05, 0) is 84.5 Å². The second-order valence-corrected chi connectivity index (χ2v) is 7.20. The van der Waals surface area contributed by atoms with Gasteiger partial charge in [-0.1, -0.05) is 18.2 Å². The molecule has 0 bridgehead atoms. The molecular formula is C18H10Br2O2. The van der Waals surface area contributed by atoms with E-state index in [4.69, 9.17) is 0 Å². The first-order valence-electron chi connectivity index (χ1n) is 6.93. The van der Waals surface area contributed by atoms with Gasteiger partial charge in [0.1, 0.15) is 0 Å². The summed E-state index contributed by atoms with van der Waals surface area (Å²) in [5.41, 5.74) is 2.92. The van der Waals surface area contributed by atoms with Crippen molar-refractivity contribution in [2.45, 2.75) is 12.3 Å². The van der Waals surface area contributed by atoms with Crippen molar-refractivity contribution in [1.82, 2.24) is 0 Å². The normalized spacial score (nSPS) is 19.9. The van der Waals surface area contributed by atoms with Crippen molar-refractivity contribution in [1.29, 1.82) is 0 Å². The summed E-state index contributed by atoms with van der Waals surface area (Å²) < 4.78 is 2.04. The van der Waals surface area contributed by atoms with E-state index in [1.165, 1.54) is 29.2 Å². The molecule has 0 N–H and O–H groups in total. The minimum atomic E-state index is -0.113. The first-order valence-corrected chi connectivity index (χ1v) is 8.52. The SMILES string of the molecule is O=C1C=CC(=O)C(C2Cc3c(Br)c(Br)cc4cccc2c34)=C1. The van der Waals surface area contributed by atoms with E-state index in [0.29, 0.717) is 5.57 Å². The smallest absolute Gasteiger partial charge is 0.182 e. The van der Waals surface area contributed by atoms with Crippen LogP contribution < -0.4 is 0 Å². The van der Waals surface area contributed by atoms with E-state index in [1.54, 1.807) is 0 Å². The molecular weight excluding hydrogens is 408 g/mol. The van der Waals surface area contributed by atoms with E-state index in [2.05, 4.69) is 50.1 Å². The summed E-state index contributed by atoms with van der Waals surface area (Å²) in [6.45, 7) is 0. The van der Waals surface area contributed by atoms with Gasteiger partial charge in [-0.2, -0.15) is 0 Å². The molecule has 0 heterocycles. The highest BCUT2D eigenvalue weighted by molar-refractivity contribution is 9.13. The highest BCUT2D eigenvalue weighted by Crippen LogP contribution is 2.47. The summed E-state index contributed by atoms with van der Waals surface area (Å²) in [6.07, 6.45) is 4.93. The van der Waals surface area contributed by atoms with Gasteiger partial charge in [0.2, 0.25) is 0 Å². The van der Waals surface area contributed by atoms with Crippen molar-refractivity contribution in [3.63, 3.8) is 0 Å². The predicted octanol–water partition coefficient (Wildman–Crippen LogP) is 4.64. The zero-order valence-electron chi connectivity index (χ0n) is 11.4. The largest absolute Gasteiger partial charge is 0.290 e. The molecule has 0 radical (unpaired) electrons. The molecule has 108 valence electrons. The summed E-state index contributed by atoms with van der Waals surface area (Å²) in [4.78, 5) is 23.9. The van der Waals surface area contributed by atoms with E-state index < -0.39 is 0 Å². The molecule has 2 aliphatic carbocycles. The van der Waals surface area contributed by atoms with Crippen LogP contribution in [-0.2, 0) is 16.0 Å². The van der Waals surface area contributed by atoms with Gasteiger partial charge >= 0.3 is 0 Å². The number of ketones is 2. The molecule has 4 heteroatoms. The third-order valence-electron chi connectivity index (χ3n) is 4.33. The molecule has 1 atom stereocenters. The minimum Gasteiger partial charge on any atom is -0.290 e. The summed E-state index contributed by atoms with van der Waals surface area (Å²) in [5, 5.41) is 2.34. The van der Waals surface area contributed by atoms with Crippen molar-refractivity contribution in [2.75, 3.05) is 0 Å². The average molecular weight is 418 g/mol. The fraction of sp³-hybridized carbons (Fsp3) is 0.111. The molecule has 0 aromatic heterocycles. The predicted molar refractivity (Wildman–Crippen MR) is 93.0 cm³/mol. The maximum atomic E-state index is 12.2. The van der Waals surface area contributed by atoms with Gasteiger partial charge in [-0.25, -0.2) is 0 Å². The lowest BCUT2D eigenvalue weighted by Gasteiger charge is -2.15. The molecule has 2 nitrogen and oxygen atoms in total. The van der Waals surface area contributed by atoms with Gasteiger partial charge in [-0.15, -0.1) is 0 Å². The molecule has 0 aliphatic heterocycles. The van der Waals surface area contributed by atoms with Crippen molar-refractivity contribution in [2.24, 2.45) is 0 Å². The molecule has 0 spiro atoms. The quantitative estimate of drug-likeness (QED) is 0.633. The number of allylic oxidation sites excluding steroid dienone is 4. The summed E-state index contributed by atoms with van der Waals surface area (Å²) >= 11 is 7.22. The summed E-state index contributed by atoms with van der Waals surface area (Å²) in [6, 6.07) is 8.22. The second-order valence-electron chi connectivity index (χ2n) is 5.55. The molecule has 4 rings (SSSR count). The van der Waals surface area contributed by atoms with Crippen molar-refractivity contribution in [3.05, 3.63) is 68.1 Å². The number of carbonyl (C=O) groups is 2. The zero-order chi connectivity index (χ0) is 15.4. The van der Waals surface area contributed by atoms with E-state index in [9.17, 15) is 9.59 Å². The highest BCUT2D eigenvalue weighted by Gasteiger charge is 2.32. The number of hydrogen-bond acceptors (Lipinski definition) is 2. The molecule has 2 aromatic rings. The Hall–Kier alpha value is -1.52. The molecule has 0 amide bonds. The van der Waals surface area contributed by atoms with Crippen molar-refractivity contribution in [3.8, 4) is 0 Å².